The minimum atomic E-state index is -5.08. The van der Waals surface area contributed by atoms with Crippen LogP contribution in [0.5, 0.6) is 0 Å². The average Bonchev–Trinajstić information content (AvgIpc) is 3.32. The van der Waals surface area contributed by atoms with E-state index in [1.165, 1.54) is 12.1 Å². The van der Waals surface area contributed by atoms with Crippen LogP contribution in [0.4, 0.5) is 35.1 Å². The minimum Gasteiger partial charge on any atom is -0.475 e. The first-order chi connectivity index (χ1) is 18.0. The molecule has 1 amide bonds. The summed E-state index contributed by atoms with van der Waals surface area (Å²) in [7, 11) is 0. The predicted octanol–water partition coefficient (Wildman–Crippen LogP) is 4.00. The van der Waals surface area contributed by atoms with Gasteiger partial charge >= 0.3 is 24.3 Å². The Morgan fingerprint density at radius 1 is 0.897 bits per heavy atom. The van der Waals surface area contributed by atoms with Crippen LogP contribution in [0.1, 0.15) is 24.1 Å². The highest BCUT2D eigenvalue weighted by Crippen LogP contribution is 2.34. The summed E-state index contributed by atoms with van der Waals surface area (Å²) in [6, 6.07) is 9.51. The number of carbonyl (C=O) groups excluding carboxylic acids is 1. The van der Waals surface area contributed by atoms with Gasteiger partial charge in [-0.1, -0.05) is 6.07 Å². The summed E-state index contributed by atoms with van der Waals surface area (Å²) in [4.78, 5) is 38.7. The van der Waals surface area contributed by atoms with Gasteiger partial charge < -0.3 is 15.1 Å². The number of carboxylic acids is 2. The molecule has 0 radical (unpaired) electrons. The summed E-state index contributed by atoms with van der Waals surface area (Å²) >= 11 is 0. The number of aliphatic carboxylic acids is 2. The van der Waals surface area contributed by atoms with Gasteiger partial charge in [0.1, 0.15) is 11.6 Å². The number of nitrogens with zero attached hydrogens (tertiary/aromatic N) is 3. The maximum absolute atomic E-state index is 13.4. The number of pyridine rings is 1. The molecular weight excluding hydrogens is 550 g/mol. The molecule has 1 aromatic heterocycles. The maximum atomic E-state index is 13.4. The van der Waals surface area contributed by atoms with E-state index < -0.39 is 35.9 Å². The van der Waals surface area contributed by atoms with Gasteiger partial charge in [0, 0.05) is 50.4 Å². The van der Waals surface area contributed by atoms with E-state index >= 15 is 0 Å². The van der Waals surface area contributed by atoms with Crippen molar-refractivity contribution in [2.75, 3.05) is 6.54 Å². The molecule has 39 heavy (non-hydrogen) atoms. The second-order valence-corrected chi connectivity index (χ2v) is 8.32. The number of aromatic nitrogens is 1. The van der Waals surface area contributed by atoms with Crippen molar-refractivity contribution >= 4 is 17.8 Å². The Morgan fingerprint density at radius 2 is 1.44 bits per heavy atom. The lowest BCUT2D eigenvalue weighted by Gasteiger charge is -2.25. The highest BCUT2D eigenvalue weighted by molar-refractivity contribution is 5.80. The summed E-state index contributed by atoms with van der Waals surface area (Å²) in [5.74, 6) is -6.69. The number of halogens is 8. The molecule has 2 aromatic rings. The second kappa shape index (κ2) is 12.8. The van der Waals surface area contributed by atoms with Gasteiger partial charge in [-0.2, -0.15) is 26.3 Å². The second-order valence-electron chi connectivity index (χ2n) is 8.32. The SMILES string of the molecule is O=C(O)C(F)(F)F.O=C(O)C(F)(F)F.O=C1C[C@H]2[C@H](CCN2Cc2ccccn2)N1Cc1cc(F)cc(F)c1. The van der Waals surface area contributed by atoms with Gasteiger partial charge in [-0.3, -0.25) is 14.7 Å². The number of carboxylic acid groups (broad SMARTS) is 2. The first-order valence-corrected chi connectivity index (χ1v) is 11.0. The number of likely N-dealkylation sites (tertiary alicyclic amines) is 2. The number of benzene rings is 1. The molecule has 2 N–H and O–H groups in total. The fourth-order valence-corrected chi connectivity index (χ4v) is 4.01. The fourth-order valence-electron chi connectivity index (χ4n) is 4.01. The molecule has 2 aliphatic rings. The molecular formula is C23H21F8N3O5. The van der Waals surface area contributed by atoms with E-state index in [-0.39, 0.29) is 24.5 Å². The molecule has 0 unspecified atom stereocenters. The summed E-state index contributed by atoms with van der Waals surface area (Å²) in [6.07, 6.45) is -7.07. The number of fused-ring (bicyclic) bond motifs is 1. The molecule has 214 valence electrons. The molecule has 1 aromatic carbocycles. The van der Waals surface area contributed by atoms with Crippen LogP contribution in [0, 0.1) is 11.6 Å². The van der Waals surface area contributed by atoms with Gasteiger partial charge in [0.2, 0.25) is 5.91 Å². The number of alkyl halides is 6. The third-order valence-corrected chi connectivity index (χ3v) is 5.58. The first-order valence-electron chi connectivity index (χ1n) is 11.0. The molecule has 0 aliphatic carbocycles. The van der Waals surface area contributed by atoms with Crippen LogP contribution in [0.15, 0.2) is 42.6 Å². The first kappa shape index (κ1) is 31.4. The van der Waals surface area contributed by atoms with Crippen molar-refractivity contribution in [2.24, 2.45) is 0 Å². The molecule has 2 saturated heterocycles. The number of hydrogen-bond donors (Lipinski definition) is 2. The van der Waals surface area contributed by atoms with Crippen LogP contribution in [-0.2, 0) is 27.5 Å². The zero-order valence-electron chi connectivity index (χ0n) is 19.7. The number of amides is 1. The lowest BCUT2D eigenvalue weighted by molar-refractivity contribution is -0.193. The zero-order valence-corrected chi connectivity index (χ0v) is 19.7. The van der Waals surface area contributed by atoms with E-state index in [2.05, 4.69) is 9.88 Å². The van der Waals surface area contributed by atoms with Crippen molar-refractivity contribution in [3.8, 4) is 0 Å². The van der Waals surface area contributed by atoms with Crippen molar-refractivity contribution in [1.29, 1.82) is 0 Å². The zero-order chi connectivity index (χ0) is 29.5. The Bertz CT molecular complexity index is 1120. The quantitative estimate of drug-likeness (QED) is 0.534. The smallest absolute Gasteiger partial charge is 0.475 e. The van der Waals surface area contributed by atoms with E-state index in [0.717, 1.165) is 31.3 Å². The van der Waals surface area contributed by atoms with Crippen molar-refractivity contribution in [1.82, 2.24) is 14.8 Å². The molecule has 2 aliphatic heterocycles. The molecule has 16 heteroatoms. The standard InChI is InChI=1S/C19H19F2N3O.2C2HF3O2/c20-14-7-13(8-15(21)9-14)11-24-17-4-6-23(18(17)10-19(24)25)12-16-3-1-2-5-22-16;2*3-2(4,5)1(6)7/h1-3,5,7-9,17-18H,4,6,10-12H2;2*(H,6,7)/t17-,18-;;/m0../s1. The highest BCUT2D eigenvalue weighted by atomic mass is 19.4. The fraction of sp³-hybridized carbons (Fsp3) is 0.391. The topological polar surface area (TPSA) is 111 Å². The number of hydrogen-bond acceptors (Lipinski definition) is 5. The molecule has 2 fully saturated rings. The Kier molecular flexibility index (Phi) is 10.3. The summed E-state index contributed by atoms with van der Waals surface area (Å²) in [5.41, 5.74) is 1.48. The molecule has 3 heterocycles. The molecule has 8 nitrogen and oxygen atoms in total. The van der Waals surface area contributed by atoms with Gasteiger partial charge in [0.05, 0.1) is 5.69 Å². The normalized spacial score (nSPS) is 19.0. The number of carbonyl (C=O) groups is 3. The van der Waals surface area contributed by atoms with E-state index in [0.29, 0.717) is 12.0 Å². The summed E-state index contributed by atoms with van der Waals surface area (Å²) in [5, 5.41) is 14.2. The van der Waals surface area contributed by atoms with Gasteiger partial charge in [-0.25, -0.2) is 18.4 Å². The summed E-state index contributed by atoms with van der Waals surface area (Å²) < 4.78 is 90.3. The van der Waals surface area contributed by atoms with E-state index in [1.54, 1.807) is 11.1 Å². The van der Waals surface area contributed by atoms with Crippen molar-refractivity contribution in [3.05, 3.63) is 65.5 Å². The van der Waals surface area contributed by atoms with Crippen LogP contribution < -0.4 is 0 Å². The third kappa shape index (κ3) is 9.46. The predicted molar refractivity (Wildman–Crippen MR) is 116 cm³/mol. The number of rotatable bonds is 4. The van der Waals surface area contributed by atoms with Crippen LogP contribution >= 0.6 is 0 Å². The Morgan fingerprint density at radius 3 is 1.90 bits per heavy atom. The van der Waals surface area contributed by atoms with Gasteiger partial charge in [-0.15, -0.1) is 0 Å². The van der Waals surface area contributed by atoms with E-state index in [9.17, 15) is 39.9 Å². The lowest BCUT2D eigenvalue weighted by Crippen LogP contribution is -2.36. The van der Waals surface area contributed by atoms with Crippen molar-refractivity contribution in [3.63, 3.8) is 0 Å². The van der Waals surface area contributed by atoms with Crippen LogP contribution in [0.25, 0.3) is 0 Å². The van der Waals surface area contributed by atoms with Crippen molar-refractivity contribution in [2.45, 2.75) is 50.4 Å². The summed E-state index contributed by atoms with van der Waals surface area (Å²) in [6.45, 7) is 1.87. The highest BCUT2D eigenvalue weighted by Gasteiger charge is 2.46. The molecule has 0 bridgehead atoms. The van der Waals surface area contributed by atoms with Crippen molar-refractivity contribution < 1.29 is 59.7 Å². The van der Waals surface area contributed by atoms with Crippen LogP contribution in [0.3, 0.4) is 0 Å². The van der Waals surface area contributed by atoms with E-state index in [4.69, 9.17) is 19.8 Å². The maximum Gasteiger partial charge on any atom is 0.490 e. The van der Waals surface area contributed by atoms with Gasteiger partial charge in [-0.05, 0) is 36.2 Å². The van der Waals surface area contributed by atoms with Crippen LogP contribution in [-0.4, -0.2) is 73.8 Å². The monoisotopic (exact) mass is 571 g/mol. The molecule has 0 spiro atoms. The Balaban J connectivity index is 0.000000317. The molecule has 0 saturated carbocycles. The molecule has 4 rings (SSSR count). The largest absolute Gasteiger partial charge is 0.490 e. The average molecular weight is 571 g/mol. The van der Waals surface area contributed by atoms with Gasteiger partial charge in [0.25, 0.3) is 0 Å². The van der Waals surface area contributed by atoms with Crippen LogP contribution in [0.2, 0.25) is 0 Å². The Hall–Kier alpha value is -3.82. The minimum absolute atomic E-state index is 0.0467. The third-order valence-electron chi connectivity index (χ3n) is 5.58. The Labute approximate surface area is 215 Å². The van der Waals surface area contributed by atoms with E-state index in [1.807, 2.05) is 18.2 Å². The molecule has 2 atom stereocenters. The van der Waals surface area contributed by atoms with Gasteiger partial charge in [0.15, 0.2) is 0 Å². The lowest BCUT2D eigenvalue weighted by atomic mass is 10.1.